The van der Waals surface area contributed by atoms with E-state index in [1.807, 2.05) is 18.2 Å². The second kappa shape index (κ2) is 3.62. The highest BCUT2D eigenvalue weighted by Gasteiger charge is 2.14. The van der Waals surface area contributed by atoms with E-state index in [1.165, 1.54) is 0 Å². The maximum Gasteiger partial charge on any atom is 0.129 e. The van der Waals surface area contributed by atoms with E-state index < -0.39 is 7.14 Å². The number of halogens is 1. The van der Waals surface area contributed by atoms with Crippen LogP contribution in [0.4, 0.5) is 0 Å². The predicted molar refractivity (Wildman–Crippen MR) is 65.8 cm³/mol. The molecule has 4 heteroatoms. The van der Waals surface area contributed by atoms with E-state index in [4.69, 9.17) is 11.6 Å². The summed E-state index contributed by atoms with van der Waals surface area (Å²) in [6.07, 6.45) is 1.71. The third kappa shape index (κ3) is 2.06. The van der Waals surface area contributed by atoms with Gasteiger partial charge in [0.25, 0.3) is 0 Å². The number of benzene rings is 1. The summed E-state index contributed by atoms with van der Waals surface area (Å²) in [5.74, 6) is 0. The summed E-state index contributed by atoms with van der Waals surface area (Å²) < 4.78 is 12.1. The second-order valence-corrected chi connectivity index (χ2v) is 7.43. The third-order valence-electron chi connectivity index (χ3n) is 2.29. The van der Waals surface area contributed by atoms with Crippen LogP contribution in [0.25, 0.3) is 10.8 Å². The number of rotatable bonds is 1. The number of pyridine rings is 1. The van der Waals surface area contributed by atoms with Crippen LogP contribution in [-0.4, -0.2) is 18.3 Å². The van der Waals surface area contributed by atoms with Crippen molar-refractivity contribution in [3.63, 3.8) is 0 Å². The zero-order valence-electron chi connectivity index (χ0n) is 8.57. The van der Waals surface area contributed by atoms with Crippen LogP contribution in [0.2, 0.25) is 5.15 Å². The van der Waals surface area contributed by atoms with Crippen molar-refractivity contribution in [3.8, 4) is 0 Å². The molecule has 2 rings (SSSR count). The summed E-state index contributed by atoms with van der Waals surface area (Å²) in [7, 11) is -2.27. The Balaban J connectivity index is 2.86. The average molecular weight is 240 g/mol. The Labute approximate surface area is 93.7 Å². The molecule has 0 spiro atoms. The molecule has 0 aliphatic rings. The lowest BCUT2D eigenvalue weighted by Gasteiger charge is -2.10. The Morgan fingerprint density at radius 2 is 2.07 bits per heavy atom. The first-order valence-corrected chi connectivity index (χ1v) is 7.56. The number of nitrogens with zero attached hydrogens (tertiary/aromatic N) is 1. The standard InChI is InChI=1S/C11H11ClNOP/c1-15(2,14)10-5-3-4-8-7-13-11(12)6-9(8)10/h3-7H,1-2H3. The molecular weight excluding hydrogens is 229 g/mol. The Hall–Kier alpha value is -0.850. The van der Waals surface area contributed by atoms with E-state index in [-0.39, 0.29) is 0 Å². The summed E-state index contributed by atoms with van der Waals surface area (Å²) >= 11 is 5.84. The van der Waals surface area contributed by atoms with Gasteiger partial charge in [-0.25, -0.2) is 4.98 Å². The van der Waals surface area contributed by atoms with Gasteiger partial charge in [0.05, 0.1) is 0 Å². The number of hydrogen-bond donors (Lipinski definition) is 0. The summed E-state index contributed by atoms with van der Waals surface area (Å²) in [6.45, 7) is 3.52. The maximum atomic E-state index is 12.1. The summed E-state index contributed by atoms with van der Waals surface area (Å²) in [5, 5.41) is 3.21. The Bertz CT molecular complexity index is 562. The van der Waals surface area contributed by atoms with E-state index >= 15 is 0 Å². The lowest BCUT2D eigenvalue weighted by molar-refractivity contribution is 0.588. The summed E-state index contributed by atoms with van der Waals surface area (Å²) in [6, 6.07) is 7.50. The summed E-state index contributed by atoms with van der Waals surface area (Å²) in [5.41, 5.74) is 0. The molecule has 1 heterocycles. The van der Waals surface area contributed by atoms with Crippen LogP contribution in [0.5, 0.6) is 0 Å². The molecule has 0 aliphatic heterocycles. The first kappa shape index (κ1) is 10.7. The smallest absolute Gasteiger partial charge is 0.129 e. The highest BCUT2D eigenvalue weighted by atomic mass is 35.5. The molecule has 0 aliphatic carbocycles. The van der Waals surface area contributed by atoms with Crippen LogP contribution in [0.15, 0.2) is 30.5 Å². The van der Waals surface area contributed by atoms with Crippen molar-refractivity contribution in [2.75, 3.05) is 13.3 Å². The minimum atomic E-state index is -2.27. The van der Waals surface area contributed by atoms with Gasteiger partial charge in [-0.15, -0.1) is 0 Å². The highest BCUT2D eigenvalue weighted by Crippen LogP contribution is 2.37. The van der Waals surface area contributed by atoms with Gasteiger partial charge >= 0.3 is 0 Å². The van der Waals surface area contributed by atoms with Crippen molar-refractivity contribution in [3.05, 3.63) is 35.6 Å². The van der Waals surface area contributed by atoms with Gasteiger partial charge in [-0.2, -0.15) is 0 Å². The SMILES string of the molecule is CP(C)(=O)c1cccc2cnc(Cl)cc12. The zero-order valence-corrected chi connectivity index (χ0v) is 10.2. The van der Waals surface area contributed by atoms with Gasteiger partial charge in [0.1, 0.15) is 12.3 Å². The Morgan fingerprint density at radius 3 is 2.73 bits per heavy atom. The van der Waals surface area contributed by atoms with Gasteiger partial charge in [-0.05, 0) is 24.8 Å². The lowest BCUT2D eigenvalue weighted by atomic mass is 10.2. The average Bonchev–Trinajstić information content (AvgIpc) is 2.15. The fraction of sp³-hybridized carbons (Fsp3) is 0.182. The Morgan fingerprint density at radius 1 is 1.33 bits per heavy atom. The third-order valence-corrected chi connectivity index (χ3v) is 4.04. The van der Waals surface area contributed by atoms with Crippen LogP contribution < -0.4 is 5.30 Å². The van der Waals surface area contributed by atoms with Crippen LogP contribution in [-0.2, 0) is 4.57 Å². The van der Waals surface area contributed by atoms with Crippen LogP contribution in [0.3, 0.4) is 0 Å². The van der Waals surface area contributed by atoms with Gasteiger partial charge < -0.3 is 4.57 Å². The molecular formula is C11H11ClNOP. The van der Waals surface area contributed by atoms with E-state index in [9.17, 15) is 4.57 Å². The molecule has 2 aromatic rings. The maximum absolute atomic E-state index is 12.1. The van der Waals surface area contributed by atoms with Crippen molar-refractivity contribution in [2.24, 2.45) is 0 Å². The quantitative estimate of drug-likeness (QED) is 0.565. The normalized spacial score (nSPS) is 11.9. The molecule has 0 fully saturated rings. The van der Waals surface area contributed by atoms with Crippen molar-refractivity contribution in [1.29, 1.82) is 0 Å². The molecule has 15 heavy (non-hydrogen) atoms. The van der Waals surface area contributed by atoms with Gasteiger partial charge in [-0.3, -0.25) is 0 Å². The topological polar surface area (TPSA) is 30.0 Å². The first-order chi connectivity index (χ1) is 6.98. The minimum Gasteiger partial charge on any atom is -0.319 e. The first-order valence-electron chi connectivity index (χ1n) is 4.58. The number of fused-ring (bicyclic) bond motifs is 1. The summed E-state index contributed by atoms with van der Waals surface area (Å²) in [4.78, 5) is 4.01. The second-order valence-electron chi connectivity index (χ2n) is 3.86. The number of aromatic nitrogens is 1. The van der Waals surface area contributed by atoms with Crippen LogP contribution in [0, 0.1) is 0 Å². The van der Waals surface area contributed by atoms with E-state index in [2.05, 4.69) is 4.98 Å². The van der Waals surface area contributed by atoms with E-state index in [0.29, 0.717) is 5.15 Å². The molecule has 78 valence electrons. The molecule has 0 atom stereocenters. The molecule has 0 saturated heterocycles. The minimum absolute atomic E-state index is 0.434. The van der Waals surface area contributed by atoms with Crippen LogP contribution in [0.1, 0.15) is 0 Å². The molecule has 0 unspecified atom stereocenters. The lowest BCUT2D eigenvalue weighted by Crippen LogP contribution is -2.04. The fourth-order valence-corrected chi connectivity index (χ4v) is 2.97. The van der Waals surface area contributed by atoms with Gasteiger partial charge in [0.15, 0.2) is 0 Å². The molecule has 0 saturated carbocycles. The molecule has 1 aromatic heterocycles. The fourth-order valence-electron chi connectivity index (χ4n) is 1.60. The predicted octanol–water partition coefficient (Wildman–Crippen LogP) is 3.14. The van der Waals surface area contributed by atoms with Crippen molar-refractivity contribution < 1.29 is 4.57 Å². The molecule has 0 N–H and O–H groups in total. The van der Waals surface area contributed by atoms with Crippen molar-refractivity contribution >= 4 is 34.8 Å². The number of hydrogen-bond acceptors (Lipinski definition) is 2. The van der Waals surface area contributed by atoms with Gasteiger partial charge in [0.2, 0.25) is 0 Å². The zero-order chi connectivity index (χ0) is 11.1. The van der Waals surface area contributed by atoms with E-state index in [1.54, 1.807) is 25.6 Å². The van der Waals surface area contributed by atoms with E-state index in [0.717, 1.165) is 16.1 Å². The van der Waals surface area contributed by atoms with Crippen molar-refractivity contribution in [2.45, 2.75) is 0 Å². The monoisotopic (exact) mass is 239 g/mol. The molecule has 0 bridgehead atoms. The Kier molecular flexibility index (Phi) is 2.57. The van der Waals surface area contributed by atoms with Crippen LogP contribution >= 0.6 is 18.7 Å². The molecule has 1 aromatic carbocycles. The largest absolute Gasteiger partial charge is 0.319 e. The van der Waals surface area contributed by atoms with Crippen molar-refractivity contribution in [1.82, 2.24) is 4.98 Å². The van der Waals surface area contributed by atoms with Gasteiger partial charge in [0, 0.05) is 16.9 Å². The van der Waals surface area contributed by atoms with Gasteiger partial charge in [-0.1, -0.05) is 29.8 Å². The molecule has 2 nitrogen and oxygen atoms in total. The molecule has 0 amide bonds. The highest BCUT2D eigenvalue weighted by molar-refractivity contribution is 7.70. The molecule has 0 radical (unpaired) electrons.